The number of ether oxygens (including phenoxy) is 2. The Balaban J connectivity index is 3.15. The molecule has 0 saturated heterocycles. The highest BCUT2D eigenvalue weighted by molar-refractivity contribution is 5.86. The maximum Gasteiger partial charge on any atom is 0.195 e. The number of hydrogen-bond acceptors (Lipinski definition) is 3. The van der Waals surface area contributed by atoms with Gasteiger partial charge in [0.05, 0.1) is 11.2 Å². The molecule has 0 N–H and O–H groups in total. The molecule has 4 nitrogen and oxygen atoms in total. The van der Waals surface area contributed by atoms with Crippen molar-refractivity contribution in [2.75, 3.05) is 0 Å². The van der Waals surface area contributed by atoms with E-state index in [1.807, 2.05) is 53.7 Å². The van der Waals surface area contributed by atoms with E-state index in [-0.39, 0.29) is 29.5 Å². The molecule has 1 rings (SSSR count). The van der Waals surface area contributed by atoms with Gasteiger partial charge in [-0.05, 0) is 67.2 Å². The van der Waals surface area contributed by atoms with E-state index in [1.54, 1.807) is 0 Å². The monoisotopic (exact) mass is 365 g/mol. The minimum Gasteiger partial charge on any atom is -0.623 e. The third kappa shape index (κ3) is 7.24. The fourth-order valence-corrected chi connectivity index (χ4v) is 3.36. The average Bonchev–Trinajstić information content (AvgIpc) is 2.70. The minimum absolute atomic E-state index is 0.208. The Kier molecular flexibility index (Phi) is 8.55. The van der Waals surface area contributed by atoms with E-state index in [1.165, 1.54) is 4.74 Å². The van der Waals surface area contributed by atoms with Crippen LogP contribution in [0.4, 0.5) is 0 Å². The number of nitrogens with zero attached hydrogens (tertiary/aromatic N) is 1. The van der Waals surface area contributed by atoms with Gasteiger partial charge < -0.3 is 14.7 Å². The van der Waals surface area contributed by atoms with Crippen molar-refractivity contribution in [3.8, 4) is 0 Å². The second-order valence-electron chi connectivity index (χ2n) is 9.13. The van der Waals surface area contributed by atoms with E-state index in [9.17, 15) is 5.21 Å². The van der Waals surface area contributed by atoms with Crippen molar-refractivity contribution in [3.63, 3.8) is 0 Å². The summed E-state index contributed by atoms with van der Waals surface area (Å²) in [6.45, 7) is 19.8. The van der Waals surface area contributed by atoms with Crippen LogP contribution in [0.15, 0.2) is 25.3 Å². The van der Waals surface area contributed by atoms with Crippen LogP contribution < -0.4 is 0 Å². The van der Waals surface area contributed by atoms with E-state index in [0.29, 0.717) is 0 Å². The van der Waals surface area contributed by atoms with Crippen molar-refractivity contribution in [3.05, 3.63) is 30.5 Å². The summed E-state index contributed by atoms with van der Waals surface area (Å²) in [6.07, 6.45) is 8.39. The van der Waals surface area contributed by atoms with Crippen LogP contribution in [-0.4, -0.2) is 39.9 Å². The van der Waals surface area contributed by atoms with E-state index in [4.69, 9.17) is 9.47 Å². The molecule has 1 heterocycles. The molecular weight excluding hydrogens is 326 g/mol. The lowest BCUT2D eigenvalue weighted by molar-refractivity contribution is -0.506. The lowest BCUT2D eigenvalue weighted by atomic mass is 9.98. The summed E-state index contributed by atoms with van der Waals surface area (Å²) in [4.78, 5) is 0. The van der Waals surface area contributed by atoms with Crippen LogP contribution in [0.1, 0.15) is 80.1 Å². The van der Waals surface area contributed by atoms with Gasteiger partial charge in [-0.3, -0.25) is 0 Å². The van der Waals surface area contributed by atoms with Crippen molar-refractivity contribution < 1.29 is 14.2 Å². The Bertz CT molecular complexity index is 496. The Morgan fingerprint density at radius 2 is 1.50 bits per heavy atom. The molecule has 4 heteroatoms. The molecule has 0 amide bonds. The van der Waals surface area contributed by atoms with Gasteiger partial charge in [-0.2, -0.15) is 0 Å². The second-order valence-corrected chi connectivity index (χ2v) is 9.13. The van der Waals surface area contributed by atoms with Crippen molar-refractivity contribution in [2.24, 2.45) is 0 Å². The van der Waals surface area contributed by atoms with Gasteiger partial charge in [0.15, 0.2) is 24.0 Å². The van der Waals surface area contributed by atoms with Crippen LogP contribution in [0, 0.1) is 5.21 Å². The smallest absolute Gasteiger partial charge is 0.195 e. The van der Waals surface area contributed by atoms with Gasteiger partial charge in [-0.1, -0.05) is 12.2 Å². The van der Waals surface area contributed by atoms with Gasteiger partial charge in [-0.25, -0.2) is 4.74 Å². The quantitative estimate of drug-likeness (QED) is 0.225. The molecule has 0 aliphatic carbocycles. The zero-order valence-electron chi connectivity index (χ0n) is 17.7. The van der Waals surface area contributed by atoms with E-state index >= 15 is 0 Å². The maximum atomic E-state index is 13.2. The van der Waals surface area contributed by atoms with Crippen LogP contribution in [0.2, 0.25) is 0 Å². The molecule has 1 aliphatic heterocycles. The first-order chi connectivity index (χ1) is 12.0. The highest BCUT2D eigenvalue weighted by atomic mass is 16.6. The van der Waals surface area contributed by atoms with Gasteiger partial charge in [0.2, 0.25) is 0 Å². The van der Waals surface area contributed by atoms with Crippen molar-refractivity contribution >= 4 is 5.71 Å². The Labute approximate surface area is 160 Å². The summed E-state index contributed by atoms with van der Waals surface area (Å²) >= 11 is 0. The van der Waals surface area contributed by atoms with Crippen molar-refractivity contribution in [1.82, 2.24) is 0 Å². The summed E-state index contributed by atoms with van der Waals surface area (Å²) < 4.78 is 13.9. The standard InChI is InChI=1S/C22H39NO3/c1-9-11-13-15-17-19(25-21(3,4)5)20(26-22(6,7)8)18(23(17)24)16-14-12-10-2/h9-10,17,19-20H,1-2,11-16H2,3-8H3/t17-,19-,20-/m0/s1. The predicted molar refractivity (Wildman–Crippen MR) is 110 cm³/mol. The molecule has 3 atom stereocenters. The molecular formula is C22H39NO3. The SMILES string of the molecule is C=CCCCC1=[N+]([O-])[C@@H](CCCC=C)[C@H](OC(C)(C)C)[C@H]1OC(C)(C)C. The van der Waals surface area contributed by atoms with E-state index in [2.05, 4.69) is 13.2 Å². The lowest BCUT2D eigenvalue weighted by Crippen LogP contribution is -2.46. The van der Waals surface area contributed by atoms with Crippen LogP contribution in [0.25, 0.3) is 0 Å². The summed E-state index contributed by atoms with van der Waals surface area (Å²) in [7, 11) is 0. The molecule has 0 aromatic rings. The molecule has 0 aromatic heterocycles. The summed E-state index contributed by atoms with van der Waals surface area (Å²) in [5.41, 5.74) is 0.141. The number of rotatable bonds is 10. The maximum absolute atomic E-state index is 13.2. The van der Waals surface area contributed by atoms with Gasteiger partial charge >= 0.3 is 0 Å². The van der Waals surface area contributed by atoms with E-state index in [0.717, 1.165) is 44.2 Å². The third-order valence-electron chi connectivity index (χ3n) is 4.31. The molecule has 0 aromatic carbocycles. The first-order valence-electron chi connectivity index (χ1n) is 9.89. The van der Waals surface area contributed by atoms with Crippen LogP contribution in [-0.2, 0) is 9.47 Å². The highest BCUT2D eigenvalue weighted by Crippen LogP contribution is 2.32. The Morgan fingerprint density at radius 1 is 0.962 bits per heavy atom. The fourth-order valence-electron chi connectivity index (χ4n) is 3.36. The molecule has 150 valence electrons. The number of hydroxylamine groups is 1. The number of allylic oxidation sites excluding steroid dienone is 2. The van der Waals surface area contributed by atoms with Crippen LogP contribution in [0.5, 0.6) is 0 Å². The Hall–Kier alpha value is -1.13. The molecule has 0 radical (unpaired) electrons. The lowest BCUT2D eigenvalue weighted by Gasteiger charge is -2.33. The first-order valence-corrected chi connectivity index (χ1v) is 9.89. The van der Waals surface area contributed by atoms with Gasteiger partial charge in [0.1, 0.15) is 0 Å². The summed E-state index contributed by atoms with van der Waals surface area (Å²) in [6, 6.07) is -0.208. The molecule has 0 unspecified atom stereocenters. The first kappa shape index (κ1) is 22.9. The third-order valence-corrected chi connectivity index (χ3v) is 4.31. The molecule has 0 spiro atoms. The zero-order chi connectivity index (χ0) is 20.0. The van der Waals surface area contributed by atoms with Crippen LogP contribution >= 0.6 is 0 Å². The second kappa shape index (κ2) is 9.70. The minimum atomic E-state index is -0.343. The molecule has 0 bridgehead atoms. The molecule has 0 saturated carbocycles. The topological polar surface area (TPSA) is 44.5 Å². The Morgan fingerprint density at radius 3 is 2.00 bits per heavy atom. The fraction of sp³-hybridized carbons (Fsp3) is 0.773. The number of unbranched alkanes of at least 4 members (excludes halogenated alkanes) is 2. The number of hydrogen-bond donors (Lipinski definition) is 0. The zero-order valence-corrected chi connectivity index (χ0v) is 17.7. The largest absolute Gasteiger partial charge is 0.623 e. The summed E-state index contributed by atoms with van der Waals surface area (Å²) in [5, 5.41) is 13.2. The van der Waals surface area contributed by atoms with Crippen molar-refractivity contribution in [2.45, 2.75) is 110 Å². The van der Waals surface area contributed by atoms with E-state index < -0.39 is 0 Å². The molecule has 1 aliphatic rings. The molecule has 26 heavy (non-hydrogen) atoms. The van der Waals surface area contributed by atoms with Gasteiger partial charge in [0.25, 0.3) is 0 Å². The van der Waals surface area contributed by atoms with Gasteiger partial charge in [-0.15, -0.1) is 13.2 Å². The highest BCUT2D eigenvalue weighted by Gasteiger charge is 2.51. The average molecular weight is 366 g/mol. The molecule has 0 fully saturated rings. The normalized spacial score (nSPS) is 24.2. The van der Waals surface area contributed by atoms with Gasteiger partial charge in [0, 0.05) is 12.8 Å². The van der Waals surface area contributed by atoms with Crippen LogP contribution in [0.3, 0.4) is 0 Å². The summed E-state index contributed by atoms with van der Waals surface area (Å²) in [5.74, 6) is 0. The predicted octanol–water partition coefficient (Wildman–Crippen LogP) is 5.40. The van der Waals surface area contributed by atoms with Crippen molar-refractivity contribution in [1.29, 1.82) is 0 Å².